The van der Waals surface area contributed by atoms with E-state index >= 15 is 0 Å². The van der Waals surface area contributed by atoms with E-state index in [1.165, 1.54) is 6.08 Å². The molecule has 0 saturated carbocycles. The third-order valence-electron chi connectivity index (χ3n) is 4.13. The number of allylic oxidation sites excluding steroid dienone is 2. The lowest BCUT2D eigenvalue weighted by Gasteiger charge is -2.17. The van der Waals surface area contributed by atoms with Crippen molar-refractivity contribution in [3.05, 3.63) is 59.7 Å². The summed E-state index contributed by atoms with van der Waals surface area (Å²) in [5.74, 6) is -1.82. The van der Waals surface area contributed by atoms with Crippen molar-refractivity contribution in [2.75, 3.05) is 6.54 Å². The first-order valence-corrected chi connectivity index (χ1v) is 9.16. The summed E-state index contributed by atoms with van der Waals surface area (Å²) >= 11 is 0. The van der Waals surface area contributed by atoms with E-state index in [9.17, 15) is 18.4 Å². The van der Waals surface area contributed by atoms with Gasteiger partial charge in [-0.05, 0) is 43.0 Å². The van der Waals surface area contributed by atoms with Crippen LogP contribution in [0.5, 0.6) is 0 Å². The minimum atomic E-state index is -0.933. The Labute approximate surface area is 159 Å². The molecular weight excluding hydrogens is 350 g/mol. The molecule has 27 heavy (non-hydrogen) atoms. The van der Waals surface area contributed by atoms with Crippen molar-refractivity contribution in [2.45, 2.75) is 46.1 Å². The van der Waals surface area contributed by atoms with Crippen LogP contribution in [0.4, 0.5) is 8.78 Å². The number of amides is 2. The molecule has 1 aromatic carbocycles. The Hall–Kier alpha value is -2.50. The lowest BCUT2D eigenvalue weighted by Crippen LogP contribution is -2.47. The predicted molar refractivity (Wildman–Crippen MR) is 103 cm³/mol. The Morgan fingerprint density at radius 1 is 1.15 bits per heavy atom. The van der Waals surface area contributed by atoms with Crippen molar-refractivity contribution in [2.24, 2.45) is 5.92 Å². The Balaban J connectivity index is 2.83. The van der Waals surface area contributed by atoms with Gasteiger partial charge in [-0.3, -0.25) is 9.59 Å². The maximum atomic E-state index is 13.4. The molecular formula is C21H28F2N2O2. The summed E-state index contributed by atoms with van der Waals surface area (Å²) < 4.78 is 26.8. The van der Waals surface area contributed by atoms with Gasteiger partial charge in [0.2, 0.25) is 11.8 Å². The molecule has 148 valence electrons. The molecule has 0 aliphatic heterocycles. The van der Waals surface area contributed by atoms with Crippen molar-refractivity contribution in [1.29, 1.82) is 0 Å². The second-order valence-corrected chi connectivity index (χ2v) is 6.51. The van der Waals surface area contributed by atoms with Crippen molar-refractivity contribution in [3.8, 4) is 0 Å². The molecule has 0 fully saturated rings. The van der Waals surface area contributed by atoms with E-state index in [1.54, 1.807) is 18.2 Å². The highest BCUT2D eigenvalue weighted by Crippen LogP contribution is 2.11. The van der Waals surface area contributed by atoms with Crippen LogP contribution in [0.25, 0.3) is 0 Å². The SMILES string of the molecule is C/C=C\CNC(=O)C(Cc1cc(F)cc(F)c1)NC(=O)/C=C/CC(C)CC. The fourth-order valence-electron chi connectivity index (χ4n) is 2.37. The molecule has 0 aliphatic rings. The predicted octanol–water partition coefficient (Wildman–Crippen LogP) is 3.68. The first kappa shape index (κ1) is 22.5. The summed E-state index contributed by atoms with van der Waals surface area (Å²) in [5.41, 5.74) is 0.294. The van der Waals surface area contributed by atoms with Gasteiger partial charge in [0.15, 0.2) is 0 Å². The van der Waals surface area contributed by atoms with Crippen LogP contribution >= 0.6 is 0 Å². The number of halogens is 2. The highest BCUT2D eigenvalue weighted by molar-refractivity contribution is 5.93. The molecule has 0 aliphatic carbocycles. The zero-order valence-corrected chi connectivity index (χ0v) is 16.1. The molecule has 2 unspecified atom stereocenters. The van der Waals surface area contributed by atoms with Gasteiger partial charge in [0, 0.05) is 19.0 Å². The highest BCUT2D eigenvalue weighted by Gasteiger charge is 2.20. The fraction of sp³-hybridized carbons (Fsp3) is 0.429. The van der Waals surface area contributed by atoms with Crippen LogP contribution in [-0.2, 0) is 16.0 Å². The van der Waals surface area contributed by atoms with Crippen molar-refractivity contribution in [1.82, 2.24) is 10.6 Å². The normalized spacial score (nSPS) is 13.7. The largest absolute Gasteiger partial charge is 0.351 e. The van der Waals surface area contributed by atoms with E-state index < -0.39 is 29.5 Å². The second-order valence-electron chi connectivity index (χ2n) is 6.51. The molecule has 0 bridgehead atoms. The minimum absolute atomic E-state index is 0.0126. The van der Waals surface area contributed by atoms with Gasteiger partial charge in [0.25, 0.3) is 0 Å². The quantitative estimate of drug-likeness (QED) is 0.482. The van der Waals surface area contributed by atoms with Crippen LogP contribution in [0.1, 0.15) is 39.2 Å². The molecule has 0 saturated heterocycles. The van der Waals surface area contributed by atoms with Crippen molar-refractivity contribution in [3.63, 3.8) is 0 Å². The molecule has 4 nitrogen and oxygen atoms in total. The van der Waals surface area contributed by atoms with Gasteiger partial charge in [0.05, 0.1) is 0 Å². The molecule has 0 spiro atoms. The molecule has 0 radical (unpaired) electrons. The summed E-state index contributed by atoms with van der Waals surface area (Å²) in [7, 11) is 0. The van der Waals surface area contributed by atoms with Gasteiger partial charge in [0.1, 0.15) is 17.7 Å². The average Bonchev–Trinajstić information content (AvgIpc) is 2.60. The third kappa shape index (κ3) is 9.13. The smallest absolute Gasteiger partial charge is 0.244 e. The Morgan fingerprint density at radius 3 is 2.41 bits per heavy atom. The van der Waals surface area contributed by atoms with E-state index in [1.807, 2.05) is 6.92 Å². The van der Waals surface area contributed by atoms with Gasteiger partial charge in [-0.1, -0.05) is 38.5 Å². The summed E-state index contributed by atoms with van der Waals surface area (Å²) in [6.07, 6.45) is 8.45. The number of hydrogen-bond acceptors (Lipinski definition) is 2. The minimum Gasteiger partial charge on any atom is -0.351 e. The maximum Gasteiger partial charge on any atom is 0.244 e. The first-order chi connectivity index (χ1) is 12.8. The summed E-state index contributed by atoms with van der Waals surface area (Å²) in [6.45, 7) is 6.28. The molecule has 1 rings (SSSR count). The zero-order valence-electron chi connectivity index (χ0n) is 16.1. The Morgan fingerprint density at radius 2 is 1.81 bits per heavy atom. The maximum absolute atomic E-state index is 13.4. The number of carbonyl (C=O) groups excluding carboxylic acids is 2. The van der Waals surface area contributed by atoms with E-state index in [4.69, 9.17) is 0 Å². The zero-order chi connectivity index (χ0) is 20.2. The summed E-state index contributed by atoms with van der Waals surface area (Å²) in [4.78, 5) is 24.5. The van der Waals surface area contributed by atoms with Gasteiger partial charge >= 0.3 is 0 Å². The van der Waals surface area contributed by atoms with E-state index in [2.05, 4.69) is 24.5 Å². The number of hydrogen-bond donors (Lipinski definition) is 2. The van der Waals surface area contributed by atoms with Crippen LogP contribution < -0.4 is 10.6 Å². The Bertz CT molecular complexity index is 667. The van der Waals surface area contributed by atoms with E-state index in [-0.39, 0.29) is 6.42 Å². The van der Waals surface area contributed by atoms with Crippen LogP contribution in [0, 0.1) is 17.6 Å². The lowest BCUT2D eigenvalue weighted by molar-refractivity contribution is -0.126. The molecule has 2 atom stereocenters. The number of rotatable bonds is 10. The highest BCUT2D eigenvalue weighted by atomic mass is 19.1. The number of nitrogens with one attached hydrogen (secondary N) is 2. The van der Waals surface area contributed by atoms with Crippen molar-refractivity contribution >= 4 is 11.8 Å². The van der Waals surface area contributed by atoms with Crippen LogP contribution in [-0.4, -0.2) is 24.4 Å². The summed E-state index contributed by atoms with van der Waals surface area (Å²) in [6, 6.07) is 2.14. The second kappa shape index (κ2) is 12.0. The number of carbonyl (C=O) groups is 2. The van der Waals surface area contributed by atoms with E-state index in [0.29, 0.717) is 18.0 Å². The standard InChI is InChI=1S/C21H28F2N2O2/c1-4-6-10-24-21(27)19(13-16-11-17(22)14-18(23)12-16)25-20(26)9-7-8-15(3)5-2/h4,6-7,9,11-12,14-15,19H,5,8,10,13H2,1-3H3,(H,24,27)(H,25,26)/b6-4-,9-7+. The van der Waals surface area contributed by atoms with Crippen LogP contribution in [0.15, 0.2) is 42.5 Å². The van der Waals surface area contributed by atoms with Crippen molar-refractivity contribution < 1.29 is 18.4 Å². The van der Waals surface area contributed by atoms with Crippen LogP contribution in [0.2, 0.25) is 0 Å². The van der Waals surface area contributed by atoms with Gasteiger partial charge < -0.3 is 10.6 Å². The molecule has 6 heteroatoms. The topological polar surface area (TPSA) is 58.2 Å². The number of benzene rings is 1. The van der Waals surface area contributed by atoms with Gasteiger partial charge in [-0.15, -0.1) is 0 Å². The third-order valence-corrected chi connectivity index (χ3v) is 4.13. The molecule has 2 amide bonds. The van der Waals surface area contributed by atoms with Gasteiger partial charge in [-0.25, -0.2) is 8.78 Å². The first-order valence-electron chi connectivity index (χ1n) is 9.16. The van der Waals surface area contributed by atoms with Crippen LogP contribution in [0.3, 0.4) is 0 Å². The monoisotopic (exact) mass is 378 g/mol. The Kier molecular flexibility index (Phi) is 10.0. The molecule has 0 heterocycles. The summed E-state index contributed by atoms with van der Waals surface area (Å²) in [5, 5.41) is 5.29. The fourth-order valence-corrected chi connectivity index (χ4v) is 2.37. The average molecular weight is 378 g/mol. The molecule has 0 aromatic heterocycles. The van der Waals surface area contributed by atoms with Gasteiger partial charge in [-0.2, -0.15) is 0 Å². The lowest BCUT2D eigenvalue weighted by atomic mass is 10.0. The molecule has 2 N–H and O–H groups in total. The van der Waals surface area contributed by atoms with E-state index in [0.717, 1.165) is 31.0 Å². The molecule has 1 aromatic rings.